The first kappa shape index (κ1) is 20.9. The van der Waals surface area contributed by atoms with Crippen LogP contribution in [0.25, 0.3) is 0 Å². The molecule has 15 heavy (non-hydrogen) atoms. The Balaban J connectivity index is -0.000000720. The maximum atomic E-state index is 11.0. The molecule has 0 heterocycles. The topological polar surface area (TPSA) is 74.6 Å². The van der Waals surface area contributed by atoms with E-state index in [0.717, 1.165) is 0 Å². The summed E-state index contributed by atoms with van der Waals surface area (Å²) in [5.74, 6) is -2.54. The summed E-state index contributed by atoms with van der Waals surface area (Å²) < 4.78 is 0. The Morgan fingerprint density at radius 3 is 1.33 bits per heavy atom. The van der Waals surface area contributed by atoms with Gasteiger partial charge < -0.3 is 10.2 Å². The van der Waals surface area contributed by atoms with Crippen LogP contribution in [0.15, 0.2) is 0 Å². The molecule has 0 radical (unpaired) electrons. The molecular formula is C9H18LiNaO4. The van der Waals surface area contributed by atoms with Crippen LogP contribution >= 0.6 is 0 Å². The second-order valence-electron chi connectivity index (χ2n) is 4.12. The third-order valence-corrected chi connectivity index (χ3v) is 2.54. The van der Waals surface area contributed by atoms with E-state index in [-0.39, 0.29) is 54.8 Å². The normalized spacial score (nSPS) is 10.9. The van der Waals surface area contributed by atoms with Crippen molar-refractivity contribution in [2.45, 2.75) is 34.1 Å². The summed E-state index contributed by atoms with van der Waals surface area (Å²) >= 11 is 0. The van der Waals surface area contributed by atoms with Crippen LogP contribution in [0.4, 0.5) is 0 Å². The van der Waals surface area contributed by atoms with Crippen LogP contribution in [0.3, 0.4) is 0 Å². The third kappa shape index (κ3) is 3.80. The van der Waals surface area contributed by atoms with Gasteiger partial charge in [-0.05, 0) is 11.8 Å². The Hall–Kier alpha value is 0.537. The molecule has 0 aliphatic carbocycles. The van der Waals surface area contributed by atoms with Crippen LogP contribution in [-0.2, 0) is 9.59 Å². The number of carboxylic acid groups (broad SMARTS) is 2. The monoisotopic (exact) mass is 220 g/mol. The van der Waals surface area contributed by atoms with Gasteiger partial charge in [0.2, 0.25) is 0 Å². The van der Waals surface area contributed by atoms with Crippen molar-refractivity contribution in [2.75, 3.05) is 0 Å². The number of hydrogen-bond donors (Lipinski definition) is 2. The number of carboxylic acids is 2. The summed E-state index contributed by atoms with van der Waals surface area (Å²) in [6.45, 7) is 6.45. The van der Waals surface area contributed by atoms with Crippen molar-refractivity contribution in [3.63, 3.8) is 0 Å². The summed E-state index contributed by atoms with van der Waals surface area (Å²) in [7, 11) is 0. The van der Waals surface area contributed by atoms with E-state index in [1.165, 1.54) is 0 Å². The van der Waals surface area contributed by atoms with E-state index < -0.39 is 22.8 Å². The van der Waals surface area contributed by atoms with Crippen LogP contribution in [0.2, 0.25) is 0 Å². The van der Waals surface area contributed by atoms with Crippen LogP contribution in [0, 0.1) is 10.8 Å². The first-order valence-corrected chi connectivity index (χ1v) is 4.17. The van der Waals surface area contributed by atoms with Crippen molar-refractivity contribution in [3.8, 4) is 0 Å². The summed E-state index contributed by atoms with van der Waals surface area (Å²) in [5.41, 5.74) is -2.48. The average Bonchev–Trinajstić information content (AvgIpc) is 1.83. The molecule has 80 valence electrons. The Bertz CT molecular complexity index is 221. The molecule has 0 aliphatic rings. The first-order chi connectivity index (χ1) is 5.70. The van der Waals surface area contributed by atoms with Gasteiger partial charge in [0.15, 0.2) is 5.41 Å². The zero-order chi connectivity index (χ0) is 10.9. The first-order valence-electron chi connectivity index (χ1n) is 4.17. The second-order valence-corrected chi connectivity index (χ2v) is 4.12. The van der Waals surface area contributed by atoms with Crippen molar-refractivity contribution in [2.24, 2.45) is 10.8 Å². The van der Waals surface area contributed by atoms with Crippen LogP contribution in [-0.4, -0.2) is 70.6 Å². The van der Waals surface area contributed by atoms with Gasteiger partial charge >= 0.3 is 60.4 Å². The second kappa shape index (κ2) is 6.98. The molecule has 0 atom stereocenters. The Labute approximate surface area is 124 Å². The molecule has 0 aromatic rings. The summed E-state index contributed by atoms with van der Waals surface area (Å²) in [6, 6.07) is 0. The van der Waals surface area contributed by atoms with E-state index in [9.17, 15) is 9.59 Å². The Morgan fingerprint density at radius 2 is 1.33 bits per heavy atom. The van der Waals surface area contributed by atoms with Gasteiger partial charge in [-0.3, -0.25) is 9.59 Å². The predicted octanol–water partition coefficient (Wildman–Crippen LogP) is 0.301. The standard InChI is InChI=1S/C9H16O4.Li.Na.2H/c1-5-9(6(10)11,7(12)13)8(2,3)4;;;;/h5H2,1-4H3,(H,10,11)(H,12,13);;;;. The molecule has 0 fully saturated rings. The fraction of sp³-hybridized carbons (Fsp3) is 0.778. The van der Waals surface area contributed by atoms with Gasteiger partial charge in [-0.1, -0.05) is 27.7 Å². The van der Waals surface area contributed by atoms with E-state index in [4.69, 9.17) is 10.2 Å². The minimum absolute atomic E-state index is 0. The summed E-state index contributed by atoms with van der Waals surface area (Å²) in [4.78, 5) is 21.9. The molecule has 0 saturated carbocycles. The molecule has 4 nitrogen and oxygen atoms in total. The van der Waals surface area contributed by atoms with E-state index in [1.54, 1.807) is 27.7 Å². The fourth-order valence-electron chi connectivity index (χ4n) is 1.57. The number of hydrogen-bond acceptors (Lipinski definition) is 2. The van der Waals surface area contributed by atoms with Crippen molar-refractivity contribution in [1.29, 1.82) is 0 Å². The van der Waals surface area contributed by atoms with Gasteiger partial charge in [-0.15, -0.1) is 0 Å². The number of carbonyl (C=O) groups is 2. The van der Waals surface area contributed by atoms with Gasteiger partial charge in [-0.2, -0.15) is 0 Å². The van der Waals surface area contributed by atoms with E-state index in [2.05, 4.69) is 0 Å². The van der Waals surface area contributed by atoms with Crippen molar-refractivity contribution < 1.29 is 19.8 Å². The molecule has 0 aliphatic heterocycles. The van der Waals surface area contributed by atoms with Gasteiger partial charge in [0.05, 0.1) is 0 Å². The van der Waals surface area contributed by atoms with E-state index in [0.29, 0.717) is 0 Å². The molecule has 0 saturated heterocycles. The quantitative estimate of drug-likeness (QED) is 0.530. The maximum absolute atomic E-state index is 11.0. The SMILES string of the molecule is CCC(C(=O)O)(C(=O)O)C(C)(C)C.[LiH].[NaH]. The van der Waals surface area contributed by atoms with Gasteiger partial charge in [0, 0.05) is 0 Å². The average molecular weight is 220 g/mol. The molecule has 0 spiro atoms. The zero-order valence-electron chi connectivity index (χ0n) is 8.42. The molecule has 2 N–H and O–H groups in total. The van der Waals surface area contributed by atoms with Crippen LogP contribution in [0.1, 0.15) is 34.1 Å². The molecule has 0 bridgehead atoms. The van der Waals surface area contributed by atoms with E-state index >= 15 is 0 Å². The minimum atomic E-state index is -1.69. The van der Waals surface area contributed by atoms with Crippen molar-refractivity contribution >= 4 is 60.4 Å². The fourth-order valence-corrected chi connectivity index (χ4v) is 1.57. The zero-order valence-corrected chi connectivity index (χ0v) is 8.42. The third-order valence-electron chi connectivity index (χ3n) is 2.54. The van der Waals surface area contributed by atoms with Crippen LogP contribution in [0.5, 0.6) is 0 Å². The molecule has 0 amide bonds. The Morgan fingerprint density at radius 1 is 1.07 bits per heavy atom. The van der Waals surface area contributed by atoms with Crippen molar-refractivity contribution in [1.82, 2.24) is 0 Å². The molecule has 0 aromatic carbocycles. The Kier molecular flexibility index (Phi) is 9.72. The van der Waals surface area contributed by atoms with Crippen LogP contribution < -0.4 is 0 Å². The molecule has 0 aromatic heterocycles. The number of rotatable bonds is 3. The summed E-state index contributed by atoms with van der Waals surface area (Å²) in [5, 5.41) is 17.9. The number of aliphatic carboxylic acids is 2. The molecule has 6 heteroatoms. The summed E-state index contributed by atoms with van der Waals surface area (Å²) in [6.07, 6.45) is 0.0845. The van der Waals surface area contributed by atoms with Gasteiger partial charge in [0.25, 0.3) is 0 Å². The predicted molar refractivity (Wildman–Crippen MR) is 61.7 cm³/mol. The molecule has 0 rings (SSSR count). The van der Waals surface area contributed by atoms with Crippen molar-refractivity contribution in [3.05, 3.63) is 0 Å². The van der Waals surface area contributed by atoms with E-state index in [1.807, 2.05) is 0 Å². The molecule has 0 unspecified atom stereocenters. The van der Waals surface area contributed by atoms with Gasteiger partial charge in [-0.25, -0.2) is 0 Å². The molecular weight excluding hydrogens is 202 g/mol. The van der Waals surface area contributed by atoms with Gasteiger partial charge in [0.1, 0.15) is 0 Å².